The van der Waals surface area contributed by atoms with Gasteiger partial charge in [-0.05, 0) is 41.5 Å². The zero-order valence-electron chi connectivity index (χ0n) is 14.8. The van der Waals surface area contributed by atoms with Gasteiger partial charge in [-0.2, -0.15) is 14.6 Å². The van der Waals surface area contributed by atoms with E-state index < -0.39 is 5.56 Å². The summed E-state index contributed by atoms with van der Waals surface area (Å²) in [4.78, 5) is 29.4. The van der Waals surface area contributed by atoms with Crippen molar-refractivity contribution in [1.82, 2.24) is 14.6 Å². The number of rotatable bonds is 4. The number of aromatic nitrogens is 3. The summed E-state index contributed by atoms with van der Waals surface area (Å²) >= 11 is 4.56. The van der Waals surface area contributed by atoms with Crippen molar-refractivity contribution >= 4 is 38.3 Å². The molecular formula is C20H14BrN3O3S. The van der Waals surface area contributed by atoms with Crippen LogP contribution in [0.25, 0.3) is 11.0 Å². The topological polar surface area (TPSA) is 73.6 Å². The first kappa shape index (κ1) is 18.5. The van der Waals surface area contributed by atoms with Crippen LogP contribution in [0, 0.1) is 0 Å². The minimum atomic E-state index is -0.425. The molecule has 2 aromatic carbocycles. The van der Waals surface area contributed by atoms with Crippen molar-refractivity contribution in [1.29, 1.82) is 0 Å². The van der Waals surface area contributed by atoms with Crippen molar-refractivity contribution in [3.63, 3.8) is 0 Å². The molecule has 0 saturated carbocycles. The number of ether oxygens (including phenoxy) is 1. The molecule has 0 aliphatic rings. The van der Waals surface area contributed by atoms with Crippen LogP contribution in [0.1, 0.15) is 16.8 Å². The molecule has 0 aliphatic carbocycles. The lowest BCUT2D eigenvalue weighted by Crippen LogP contribution is -2.28. The zero-order valence-corrected chi connectivity index (χ0v) is 17.2. The monoisotopic (exact) mass is 455 g/mol. The third kappa shape index (κ3) is 3.74. The van der Waals surface area contributed by atoms with E-state index in [2.05, 4.69) is 26.0 Å². The Labute approximate surface area is 171 Å². The number of fused-ring (bicyclic) bond motifs is 1. The van der Waals surface area contributed by atoms with Gasteiger partial charge in [0.2, 0.25) is 4.96 Å². The van der Waals surface area contributed by atoms with E-state index in [0.717, 1.165) is 32.7 Å². The molecule has 2 heterocycles. The number of hydrogen-bond donors (Lipinski definition) is 0. The zero-order chi connectivity index (χ0) is 19.7. The molecule has 0 amide bonds. The summed E-state index contributed by atoms with van der Waals surface area (Å²) in [5, 5.41) is 4.27. The summed E-state index contributed by atoms with van der Waals surface area (Å²) in [6.07, 6.45) is 2.06. The Morgan fingerprint density at radius 2 is 1.96 bits per heavy atom. The normalized spacial score (nSPS) is 11.9. The van der Waals surface area contributed by atoms with E-state index >= 15 is 0 Å². The first-order chi connectivity index (χ1) is 13.5. The van der Waals surface area contributed by atoms with Crippen LogP contribution in [-0.4, -0.2) is 21.7 Å². The molecule has 8 heteroatoms. The maximum atomic E-state index is 12.7. The van der Waals surface area contributed by atoms with Crippen molar-refractivity contribution in [3.05, 3.63) is 95.1 Å². The molecule has 4 rings (SSSR count). The molecular weight excluding hydrogens is 442 g/mol. The number of methoxy groups -OCH3 is 1. The largest absolute Gasteiger partial charge is 0.497 e. The third-order valence-electron chi connectivity index (χ3n) is 4.13. The van der Waals surface area contributed by atoms with Gasteiger partial charge in [-0.25, -0.2) is 0 Å². The smallest absolute Gasteiger partial charge is 0.296 e. The summed E-state index contributed by atoms with van der Waals surface area (Å²) in [6, 6.07) is 14.9. The summed E-state index contributed by atoms with van der Waals surface area (Å²) in [5.74, 6) is 0.731. The second-order valence-corrected chi connectivity index (χ2v) is 7.98. The molecule has 0 spiro atoms. The molecule has 2 aromatic heterocycles. The lowest BCUT2D eigenvalue weighted by Gasteiger charge is -2.02. The van der Waals surface area contributed by atoms with E-state index in [4.69, 9.17) is 4.74 Å². The fourth-order valence-corrected chi connectivity index (χ4v) is 4.06. The minimum absolute atomic E-state index is 0.228. The Morgan fingerprint density at radius 3 is 2.68 bits per heavy atom. The maximum absolute atomic E-state index is 12.7. The molecule has 0 bridgehead atoms. The van der Waals surface area contributed by atoms with Gasteiger partial charge < -0.3 is 4.74 Å². The Morgan fingerprint density at radius 1 is 1.18 bits per heavy atom. The van der Waals surface area contributed by atoms with E-state index in [1.165, 1.54) is 4.52 Å². The van der Waals surface area contributed by atoms with Gasteiger partial charge in [-0.3, -0.25) is 9.59 Å². The van der Waals surface area contributed by atoms with Crippen LogP contribution in [0.2, 0.25) is 0 Å². The highest BCUT2D eigenvalue weighted by Gasteiger charge is 2.12. The van der Waals surface area contributed by atoms with Gasteiger partial charge in [0, 0.05) is 10.9 Å². The van der Waals surface area contributed by atoms with Crippen molar-refractivity contribution in [2.24, 2.45) is 0 Å². The second kappa shape index (κ2) is 7.65. The quantitative estimate of drug-likeness (QED) is 0.472. The van der Waals surface area contributed by atoms with Crippen LogP contribution < -0.4 is 20.4 Å². The van der Waals surface area contributed by atoms with Gasteiger partial charge in [0.15, 0.2) is 0 Å². The summed E-state index contributed by atoms with van der Waals surface area (Å²) in [6.45, 7) is 0. The maximum Gasteiger partial charge on any atom is 0.296 e. The fraction of sp³-hybridized carbons (Fsp3) is 0.100. The first-order valence-corrected chi connectivity index (χ1v) is 9.97. The summed E-state index contributed by atoms with van der Waals surface area (Å²) in [7, 11) is 1.59. The Bertz CT molecular complexity index is 1330. The second-order valence-electron chi connectivity index (χ2n) is 6.05. The number of halogens is 1. The SMILES string of the molecule is COc1ccc(Cc2nn3c(=O)/c(=C/c4cccc(Br)c4)sc3nc2=O)cc1. The van der Waals surface area contributed by atoms with Crippen LogP contribution in [0.4, 0.5) is 0 Å². The average molecular weight is 456 g/mol. The minimum Gasteiger partial charge on any atom is -0.497 e. The average Bonchev–Trinajstić information content (AvgIpc) is 2.97. The predicted octanol–water partition coefficient (Wildman–Crippen LogP) is 2.42. The van der Waals surface area contributed by atoms with Gasteiger partial charge in [-0.1, -0.05) is 51.5 Å². The van der Waals surface area contributed by atoms with Crippen molar-refractivity contribution in [2.45, 2.75) is 6.42 Å². The van der Waals surface area contributed by atoms with Crippen molar-refractivity contribution < 1.29 is 4.74 Å². The van der Waals surface area contributed by atoms with Crippen LogP contribution in [0.5, 0.6) is 5.75 Å². The molecule has 0 unspecified atom stereocenters. The molecule has 0 N–H and O–H groups in total. The molecule has 0 radical (unpaired) electrons. The third-order valence-corrected chi connectivity index (χ3v) is 5.58. The molecule has 0 atom stereocenters. The summed E-state index contributed by atoms with van der Waals surface area (Å²) < 4.78 is 7.73. The molecule has 28 heavy (non-hydrogen) atoms. The van der Waals surface area contributed by atoms with Gasteiger partial charge >= 0.3 is 0 Å². The lowest BCUT2D eigenvalue weighted by atomic mass is 10.1. The highest BCUT2D eigenvalue weighted by atomic mass is 79.9. The molecule has 0 fully saturated rings. The fourth-order valence-electron chi connectivity index (χ4n) is 2.74. The van der Waals surface area contributed by atoms with Gasteiger partial charge in [0.25, 0.3) is 11.1 Å². The van der Waals surface area contributed by atoms with Crippen LogP contribution in [0.3, 0.4) is 0 Å². The molecule has 0 aliphatic heterocycles. The standard InChI is InChI=1S/C20H14BrN3O3S/c1-27-15-7-5-12(6-8-15)10-16-18(25)22-20-24(23-16)19(26)17(28-20)11-13-3-2-4-14(21)9-13/h2-9,11H,10H2,1H3/b17-11-. The first-order valence-electron chi connectivity index (χ1n) is 8.36. The number of hydrogen-bond acceptors (Lipinski definition) is 6. The Hall–Kier alpha value is -2.84. The summed E-state index contributed by atoms with van der Waals surface area (Å²) in [5.41, 5.74) is 1.27. The molecule has 4 aromatic rings. The number of benzene rings is 2. The van der Waals surface area contributed by atoms with E-state index in [0.29, 0.717) is 11.0 Å². The van der Waals surface area contributed by atoms with Crippen molar-refractivity contribution in [2.75, 3.05) is 7.11 Å². The lowest BCUT2D eigenvalue weighted by molar-refractivity contribution is 0.414. The van der Waals surface area contributed by atoms with Gasteiger partial charge in [0.1, 0.15) is 11.4 Å². The number of nitrogens with zero attached hydrogens (tertiary/aromatic N) is 3. The molecule has 6 nitrogen and oxygen atoms in total. The van der Waals surface area contributed by atoms with Crippen LogP contribution in [-0.2, 0) is 6.42 Å². The predicted molar refractivity (Wildman–Crippen MR) is 112 cm³/mol. The highest BCUT2D eigenvalue weighted by molar-refractivity contribution is 9.10. The molecule has 0 saturated heterocycles. The van der Waals surface area contributed by atoms with E-state index in [-0.39, 0.29) is 16.2 Å². The van der Waals surface area contributed by atoms with Gasteiger partial charge in [-0.15, -0.1) is 0 Å². The highest BCUT2D eigenvalue weighted by Crippen LogP contribution is 2.13. The Balaban J connectivity index is 1.76. The van der Waals surface area contributed by atoms with Crippen molar-refractivity contribution in [3.8, 4) is 5.75 Å². The van der Waals surface area contributed by atoms with E-state index in [1.54, 1.807) is 13.2 Å². The molecule has 140 valence electrons. The number of thiazole rings is 1. The van der Waals surface area contributed by atoms with Crippen LogP contribution >= 0.6 is 27.3 Å². The van der Waals surface area contributed by atoms with E-state index in [9.17, 15) is 9.59 Å². The van der Waals surface area contributed by atoms with Gasteiger partial charge in [0.05, 0.1) is 11.6 Å². The van der Waals surface area contributed by atoms with E-state index in [1.807, 2.05) is 48.5 Å². The Kier molecular flexibility index (Phi) is 5.06. The van der Waals surface area contributed by atoms with Crippen LogP contribution in [0.15, 0.2) is 62.6 Å².